The third-order valence-electron chi connectivity index (χ3n) is 3.83. The van der Waals surface area contributed by atoms with Crippen molar-refractivity contribution < 1.29 is 164 Å². The quantitative estimate of drug-likeness (QED) is 0.132. The molecule has 4 unspecified atom stereocenters. The van der Waals surface area contributed by atoms with Crippen LogP contribution in [0.25, 0.3) is 0 Å². The van der Waals surface area contributed by atoms with E-state index in [1.165, 1.54) is 9.47 Å². The van der Waals surface area contributed by atoms with Gasteiger partial charge in [-0.05, 0) is 0 Å². The van der Waals surface area contributed by atoms with Crippen LogP contribution in [0.15, 0.2) is 0 Å². The fourth-order valence-corrected chi connectivity index (χ4v) is 1.82. The average molecular weight is 767 g/mol. The van der Waals surface area contributed by atoms with E-state index in [2.05, 4.69) is 11.6 Å². The van der Waals surface area contributed by atoms with E-state index in [0.29, 0.717) is 0 Å². The number of carboxylic acid groups (broad SMARTS) is 1. The number of hydrogen-bond donors (Lipinski definition) is 0. The molecule has 0 saturated carbocycles. The van der Waals surface area contributed by atoms with E-state index in [1.54, 1.807) is 0 Å². The number of carbonyl (C=O) groups excluding carboxylic acids is 1. The van der Waals surface area contributed by atoms with Crippen LogP contribution in [-0.2, 0) is 23.7 Å². The van der Waals surface area contributed by atoms with E-state index >= 15 is 0 Å². The minimum atomic E-state index is -8.83. The molecular formula is C13ClF24NaO6. The second-order valence-corrected chi connectivity index (χ2v) is 7.58. The molecular weight excluding hydrogens is 767 g/mol. The van der Waals surface area contributed by atoms with E-state index in [9.17, 15) is 115 Å². The summed E-state index contributed by atoms with van der Waals surface area (Å²) in [6, 6.07) is -8.27. The Hall–Kier alpha value is -1.08. The van der Waals surface area contributed by atoms with Crippen molar-refractivity contribution in [1.82, 2.24) is 0 Å². The topological polar surface area (TPSA) is 77.1 Å². The third kappa shape index (κ3) is 8.51. The Bertz CT molecular complexity index is 1050. The Morgan fingerprint density at radius 3 is 1.00 bits per heavy atom. The maximum atomic E-state index is 14.2. The molecule has 0 aliphatic heterocycles. The van der Waals surface area contributed by atoms with Crippen molar-refractivity contribution in [2.45, 2.75) is 72.0 Å². The van der Waals surface area contributed by atoms with Crippen LogP contribution in [0, 0.1) is 0 Å². The summed E-state index contributed by atoms with van der Waals surface area (Å²) in [5, 5.41) is 2.69. The number of alkyl halides is 25. The number of aliphatic carboxylic acids is 1. The first-order valence-corrected chi connectivity index (χ1v) is 9.14. The number of halogens is 25. The van der Waals surface area contributed by atoms with Crippen molar-refractivity contribution in [3.63, 3.8) is 0 Å². The molecule has 32 heteroatoms. The summed E-state index contributed by atoms with van der Waals surface area (Å²) in [5.74, 6) is -21.7. The van der Waals surface area contributed by atoms with E-state index in [4.69, 9.17) is 0 Å². The van der Waals surface area contributed by atoms with Gasteiger partial charge in [-0.3, -0.25) is 9.47 Å². The predicted molar refractivity (Wildman–Crippen MR) is 74.6 cm³/mol. The zero-order valence-corrected chi connectivity index (χ0v) is 22.2. The molecule has 0 saturated heterocycles. The van der Waals surface area contributed by atoms with Gasteiger partial charge >= 0.3 is 102 Å². The third-order valence-corrected chi connectivity index (χ3v) is 4.27. The Morgan fingerprint density at radius 2 is 0.733 bits per heavy atom. The summed E-state index contributed by atoms with van der Waals surface area (Å²) >= 11 is 3.46. The van der Waals surface area contributed by atoms with Crippen molar-refractivity contribution in [3.05, 3.63) is 0 Å². The number of ether oxygens (including phenoxy) is 4. The zero-order valence-electron chi connectivity index (χ0n) is 19.4. The molecule has 0 aromatic heterocycles. The standard InChI is InChI=1S/C13HClF24O6.Na/c14-3(17,6(20,21)22)10(32,33)43-13(38,9(29,30)31)44-12(36,37)5(19,8(26,27)28)42-11(34,35)4(18,7(23,24)25)41-2(15,16)1(39)40;/h(H,39,40);/q;+1/p-1. The second kappa shape index (κ2) is 12.4. The van der Waals surface area contributed by atoms with Gasteiger partial charge in [-0.15, -0.1) is 0 Å². The van der Waals surface area contributed by atoms with Gasteiger partial charge in [-0.1, -0.05) is 11.6 Å². The molecule has 45 heavy (non-hydrogen) atoms. The van der Waals surface area contributed by atoms with Crippen molar-refractivity contribution >= 4 is 17.6 Å². The van der Waals surface area contributed by atoms with Gasteiger partial charge in [-0.25, -0.2) is 13.9 Å². The van der Waals surface area contributed by atoms with Crippen molar-refractivity contribution in [1.29, 1.82) is 0 Å². The van der Waals surface area contributed by atoms with Gasteiger partial charge in [0.05, 0.1) is 0 Å². The molecule has 0 aliphatic carbocycles. The van der Waals surface area contributed by atoms with Crippen LogP contribution >= 0.6 is 11.6 Å². The van der Waals surface area contributed by atoms with Crippen LogP contribution in [0.5, 0.6) is 0 Å². The van der Waals surface area contributed by atoms with Crippen LogP contribution in [0.4, 0.5) is 105 Å². The summed E-state index contributed by atoms with van der Waals surface area (Å²) < 4.78 is 319. The molecule has 0 fully saturated rings. The first-order valence-electron chi connectivity index (χ1n) is 8.77. The molecule has 0 N–H and O–H groups in total. The van der Waals surface area contributed by atoms with E-state index < -0.39 is 78.0 Å². The summed E-state index contributed by atoms with van der Waals surface area (Å²) in [5.41, 5.74) is 0. The maximum Gasteiger partial charge on any atom is 1.00 e. The summed E-state index contributed by atoms with van der Waals surface area (Å²) in [7, 11) is 0. The van der Waals surface area contributed by atoms with Gasteiger partial charge in [0.2, 0.25) is 0 Å². The Morgan fingerprint density at radius 1 is 0.444 bits per heavy atom. The van der Waals surface area contributed by atoms with E-state index in [0.717, 1.165) is 9.47 Å². The minimum Gasteiger partial charge on any atom is -0.542 e. The fraction of sp³-hybridized carbons (Fsp3) is 0.923. The minimum absolute atomic E-state index is 0. The first kappa shape index (κ1) is 46.0. The molecule has 0 spiro atoms. The van der Waals surface area contributed by atoms with Gasteiger partial charge < -0.3 is 9.90 Å². The number of hydrogen-bond acceptors (Lipinski definition) is 6. The number of carbonyl (C=O) groups is 1. The van der Waals surface area contributed by atoms with Crippen molar-refractivity contribution in [2.24, 2.45) is 0 Å². The average Bonchev–Trinajstić information content (AvgIpc) is 2.68. The SMILES string of the molecule is O=C([O-])C(F)(F)OC(F)(C(F)(F)F)C(F)(F)OC(F)(C(F)(F)F)C(F)(F)OC(F)(OC(F)(F)C(F)(Cl)C(F)(F)F)C(F)(F)F.[Na+]. The van der Waals surface area contributed by atoms with Gasteiger partial charge in [0, 0.05) is 0 Å². The molecule has 264 valence electrons. The molecule has 0 aromatic rings. The summed E-state index contributed by atoms with van der Waals surface area (Å²) in [6.07, 6.45) is -64.8. The molecule has 4 atom stereocenters. The first-order chi connectivity index (χ1) is 18.5. The van der Waals surface area contributed by atoms with E-state index in [1.807, 2.05) is 0 Å². The largest absolute Gasteiger partial charge is 1.00 e. The van der Waals surface area contributed by atoms with Crippen molar-refractivity contribution in [2.75, 3.05) is 0 Å². The smallest absolute Gasteiger partial charge is 0.542 e. The number of rotatable bonds is 12. The Labute approximate surface area is 253 Å². The zero-order chi connectivity index (χ0) is 36.4. The normalized spacial score (nSPS) is 20.3. The molecule has 0 amide bonds. The molecule has 0 rings (SSSR count). The summed E-state index contributed by atoms with van der Waals surface area (Å²) in [4.78, 5) is 9.92. The van der Waals surface area contributed by atoms with Gasteiger partial charge in [0.25, 0.3) is 0 Å². The maximum absolute atomic E-state index is 14.2. The molecule has 0 bridgehead atoms. The molecule has 0 aliphatic rings. The Kier molecular flexibility index (Phi) is 12.7. The number of carboxylic acids is 1. The van der Waals surface area contributed by atoms with Crippen LogP contribution in [-0.4, -0.2) is 78.0 Å². The van der Waals surface area contributed by atoms with Gasteiger partial charge in [-0.2, -0.15) is 101 Å². The molecule has 0 radical (unpaired) electrons. The second-order valence-electron chi connectivity index (χ2n) is 7.06. The van der Waals surface area contributed by atoms with Crippen LogP contribution in [0.1, 0.15) is 0 Å². The monoisotopic (exact) mass is 766 g/mol. The summed E-state index contributed by atoms with van der Waals surface area (Å²) in [6.45, 7) is 0. The molecule has 6 nitrogen and oxygen atoms in total. The Balaban J connectivity index is 0. The van der Waals surface area contributed by atoms with E-state index in [-0.39, 0.29) is 29.6 Å². The van der Waals surface area contributed by atoms with Crippen LogP contribution < -0.4 is 34.7 Å². The van der Waals surface area contributed by atoms with Crippen LogP contribution in [0.2, 0.25) is 0 Å². The van der Waals surface area contributed by atoms with Crippen molar-refractivity contribution in [3.8, 4) is 0 Å². The fourth-order valence-electron chi connectivity index (χ4n) is 1.79. The van der Waals surface area contributed by atoms with Gasteiger partial charge in [0.1, 0.15) is 5.97 Å². The molecule has 0 heterocycles. The van der Waals surface area contributed by atoms with Crippen LogP contribution in [0.3, 0.4) is 0 Å². The molecule has 0 aromatic carbocycles. The predicted octanol–water partition coefficient (Wildman–Crippen LogP) is 3.29. The van der Waals surface area contributed by atoms with Gasteiger partial charge in [0.15, 0.2) is 0 Å².